The lowest BCUT2D eigenvalue weighted by atomic mass is 9.82. The molecule has 0 spiro atoms. The second-order valence-corrected chi connectivity index (χ2v) is 7.13. The quantitative estimate of drug-likeness (QED) is 0.885. The van der Waals surface area contributed by atoms with Gasteiger partial charge in [0.1, 0.15) is 0 Å². The summed E-state index contributed by atoms with van der Waals surface area (Å²) in [5.41, 5.74) is -0.0497. The van der Waals surface area contributed by atoms with E-state index in [1.165, 1.54) is 12.8 Å². The third-order valence-corrected chi connectivity index (χ3v) is 4.68. The summed E-state index contributed by atoms with van der Waals surface area (Å²) >= 11 is 0. The molecule has 0 unspecified atom stereocenters. The largest absolute Gasteiger partial charge is 0.407 e. The Balaban J connectivity index is 1.80. The third-order valence-electron chi connectivity index (χ3n) is 4.68. The predicted octanol–water partition coefficient (Wildman–Crippen LogP) is 1.97. The fourth-order valence-electron chi connectivity index (χ4n) is 3.46. The van der Waals surface area contributed by atoms with Gasteiger partial charge in [-0.15, -0.1) is 5.10 Å². The van der Waals surface area contributed by atoms with Crippen LogP contribution in [0.3, 0.4) is 0 Å². The van der Waals surface area contributed by atoms with Gasteiger partial charge in [-0.3, -0.25) is 0 Å². The van der Waals surface area contributed by atoms with Gasteiger partial charge in [0, 0.05) is 23.9 Å². The van der Waals surface area contributed by atoms with Crippen LogP contribution >= 0.6 is 0 Å². The van der Waals surface area contributed by atoms with Gasteiger partial charge in [-0.1, -0.05) is 32.3 Å². The highest BCUT2D eigenvalue weighted by Crippen LogP contribution is 2.49. The average Bonchev–Trinajstić information content (AvgIpc) is 3.00. The number of nitrogens with zero attached hydrogens (tertiary/aromatic N) is 3. The molecule has 1 aliphatic heterocycles. The predicted molar refractivity (Wildman–Crippen MR) is 72.1 cm³/mol. The summed E-state index contributed by atoms with van der Waals surface area (Å²) < 4.78 is 5.81. The van der Waals surface area contributed by atoms with Crippen molar-refractivity contribution in [3.05, 3.63) is 5.89 Å². The van der Waals surface area contributed by atoms with Crippen molar-refractivity contribution in [3.8, 4) is 0 Å². The number of hydrogen-bond donors (Lipinski definition) is 1. The van der Waals surface area contributed by atoms with Gasteiger partial charge in [-0.05, 0) is 18.8 Å². The van der Waals surface area contributed by atoms with Crippen molar-refractivity contribution >= 4 is 6.01 Å². The summed E-state index contributed by atoms with van der Waals surface area (Å²) in [6.45, 7) is 8.26. The molecule has 2 atom stereocenters. The highest BCUT2D eigenvalue weighted by molar-refractivity contribution is 5.30. The van der Waals surface area contributed by atoms with E-state index in [0.29, 0.717) is 17.8 Å². The van der Waals surface area contributed by atoms with Crippen LogP contribution in [0.15, 0.2) is 4.42 Å². The van der Waals surface area contributed by atoms with E-state index in [4.69, 9.17) is 4.42 Å². The van der Waals surface area contributed by atoms with Crippen LogP contribution in [0.2, 0.25) is 0 Å². The van der Waals surface area contributed by atoms with E-state index in [1.807, 2.05) is 0 Å². The molecule has 0 radical (unpaired) electrons. The van der Waals surface area contributed by atoms with E-state index >= 15 is 0 Å². The van der Waals surface area contributed by atoms with Crippen LogP contribution in [0.4, 0.5) is 6.01 Å². The maximum Gasteiger partial charge on any atom is 0.318 e. The van der Waals surface area contributed by atoms with Crippen LogP contribution in [0.25, 0.3) is 0 Å². The molecule has 1 saturated carbocycles. The van der Waals surface area contributed by atoms with Gasteiger partial charge in [-0.2, -0.15) is 0 Å². The Morgan fingerprint density at radius 2 is 2.21 bits per heavy atom. The SMILES string of the molecule is CC(C)(C)c1nnc(N2C[C@H]3CCC[C@@]3(CO)C2)o1. The molecule has 3 rings (SSSR count). The smallest absolute Gasteiger partial charge is 0.318 e. The summed E-state index contributed by atoms with van der Waals surface area (Å²) in [5.74, 6) is 1.25. The van der Waals surface area contributed by atoms with E-state index in [-0.39, 0.29) is 17.4 Å². The van der Waals surface area contributed by atoms with Crippen LogP contribution in [-0.4, -0.2) is 35.0 Å². The molecule has 0 bridgehead atoms. The molecule has 0 aromatic carbocycles. The van der Waals surface area contributed by atoms with Crippen molar-refractivity contribution in [2.75, 3.05) is 24.6 Å². The van der Waals surface area contributed by atoms with E-state index in [0.717, 1.165) is 19.5 Å². The number of hydrogen-bond acceptors (Lipinski definition) is 5. The lowest BCUT2D eigenvalue weighted by Gasteiger charge is -2.25. The third kappa shape index (κ3) is 2.04. The molecule has 19 heavy (non-hydrogen) atoms. The van der Waals surface area contributed by atoms with Crippen LogP contribution in [-0.2, 0) is 5.41 Å². The van der Waals surface area contributed by atoms with E-state index < -0.39 is 0 Å². The Labute approximate surface area is 114 Å². The first-order chi connectivity index (χ1) is 8.94. The zero-order valence-electron chi connectivity index (χ0n) is 12.0. The number of fused-ring (bicyclic) bond motifs is 1. The standard InChI is InChI=1S/C14H23N3O2/c1-13(2,3)11-15-16-12(19-11)17-7-10-5-4-6-14(10,8-17)9-18/h10,18H,4-9H2,1-3H3/t10-,14+/m1/s1. The van der Waals surface area contributed by atoms with Crippen molar-refractivity contribution in [1.29, 1.82) is 0 Å². The number of anilines is 1. The Hall–Kier alpha value is -1.10. The van der Waals surface area contributed by atoms with Gasteiger partial charge in [0.15, 0.2) is 0 Å². The fraction of sp³-hybridized carbons (Fsp3) is 0.857. The van der Waals surface area contributed by atoms with Crippen molar-refractivity contribution in [3.63, 3.8) is 0 Å². The lowest BCUT2D eigenvalue weighted by Crippen LogP contribution is -2.31. The summed E-state index contributed by atoms with van der Waals surface area (Å²) in [6.07, 6.45) is 3.55. The molecule has 2 heterocycles. The zero-order chi connectivity index (χ0) is 13.7. The number of aliphatic hydroxyl groups excluding tert-OH is 1. The Kier molecular flexibility index (Phi) is 2.85. The molecule has 1 aromatic heterocycles. The first-order valence-electron chi connectivity index (χ1n) is 7.14. The van der Waals surface area contributed by atoms with Crippen LogP contribution in [0.5, 0.6) is 0 Å². The first kappa shape index (κ1) is 12.9. The number of rotatable bonds is 2. The van der Waals surface area contributed by atoms with Gasteiger partial charge in [0.25, 0.3) is 0 Å². The summed E-state index contributed by atoms with van der Waals surface area (Å²) in [7, 11) is 0. The Morgan fingerprint density at radius 3 is 2.79 bits per heavy atom. The summed E-state index contributed by atoms with van der Waals surface area (Å²) in [6, 6.07) is 0.618. The maximum absolute atomic E-state index is 9.73. The molecule has 1 saturated heterocycles. The Morgan fingerprint density at radius 1 is 1.42 bits per heavy atom. The minimum absolute atomic E-state index is 0.0658. The van der Waals surface area contributed by atoms with Crippen LogP contribution < -0.4 is 4.90 Å². The van der Waals surface area contributed by atoms with E-state index in [1.54, 1.807) is 0 Å². The van der Waals surface area contributed by atoms with Gasteiger partial charge in [0.05, 0.1) is 6.61 Å². The van der Waals surface area contributed by atoms with Gasteiger partial charge in [-0.25, -0.2) is 0 Å². The van der Waals surface area contributed by atoms with Gasteiger partial charge >= 0.3 is 6.01 Å². The average molecular weight is 265 g/mol. The molecule has 1 aromatic rings. The maximum atomic E-state index is 9.73. The van der Waals surface area contributed by atoms with Crippen molar-refractivity contribution in [2.24, 2.45) is 11.3 Å². The molecule has 0 amide bonds. The number of aliphatic hydroxyl groups is 1. The Bertz CT molecular complexity index is 466. The van der Waals surface area contributed by atoms with Crippen molar-refractivity contribution < 1.29 is 9.52 Å². The summed E-state index contributed by atoms with van der Waals surface area (Å²) in [4.78, 5) is 2.16. The van der Waals surface area contributed by atoms with E-state index in [2.05, 4.69) is 35.9 Å². The molecule has 1 aliphatic carbocycles. The van der Waals surface area contributed by atoms with Crippen LogP contribution in [0, 0.1) is 11.3 Å². The first-order valence-corrected chi connectivity index (χ1v) is 7.14. The van der Waals surface area contributed by atoms with Crippen LogP contribution in [0.1, 0.15) is 45.9 Å². The topological polar surface area (TPSA) is 62.4 Å². The monoisotopic (exact) mass is 265 g/mol. The highest BCUT2D eigenvalue weighted by Gasteiger charge is 2.50. The molecule has 2 aliphatic rings. The molecule has 2 fully saturated rings. The van der Waals surface area contributed by atoms with Gasteiger partial charge < -0.3 is 14.4 Å². The molecule has 106 valence electrons. The molecular weight excluding hydrogens is 242 g/mol. The zero-order valence-corrected chi connectivity index (χ0v) is 12.0. The second-order valence-electron chi connectivity index (χ2n) is 7.13. The molecule has 5 heteroatoms. The minimum Gasteiger partial charge on any atom is -0.407 e. The van der Waals surface area contributed by atoms with E-state index in [9.17, 15) is 5.11 Å². The summed E-state index contributed by atoms with van der Waals surface area (Å²) in [5, 5.41) is 18.1. The molecular formula is C14H23N3O2. The van der Waals surface area contributed by atoms with Gasteiger partial charge in [0.2, 0.25) is 5.89 Å². The second kappa shape index (κ2) is 4.20. The highest BCUT2D eigenvalue weighted by atomic mass is 16.4. The van der Waals surface area contributed by atoms with Crippen molar-refractivity contribution in [2.45, 2.75) is 45.4 Å². The molecule has 1 N–H and O–H groups in total. The minimum atomic E-state index is -0.116. The lowest BCUT2D eigenvalue weighted by molar-refractivity contribution is 0.121. The number of aromatic nitrogens is 2. The van der Waals surface area contributed by atoms with Crippen molar-refractivity contribution in [1.82, 2.24) is 10.2 Å². The molecule has 5 nitrogen and oxygen atoms in total. The fourth-order valence-corrected chi connectivity index (χ4v) is 3.46. The normalized spacial score (nSPS) is 30.9.